The van der Waals surface area contributed by atoms with Crippen LogP contribution in [0.1, 0.15) is 45.0 Å². The highest BCUT2D eigenvalue weighted by Gasteiger charge is 2.29. The molecule has 1 aliphatic heterocycles. The second kappa shape index (κ2) is 10.4. The van der Waals surface area contributed by atoms with Gasteiger partial charge in [0, 0.05) is 31.9 Å². The molecular weight excluding hydrogens is 429 g/mol. The molecule has 0 radical (unpaired) electrons. The third-order valence-electron chi connectivity index (χ3n) is 4.42. The van der Waals surface area contributed by atoms with Gasteiger partial charge >= 0.3 is 0 Å². The summed E-state index contributed by atoms with van der Waals surface area (Å²) >= 11 is 0. The molecule has 6 nitrogen and oxygen atoms in total. The average Bonchev–Trinajstić information content (AvgIpc) is 3.08. The summed E-state index contributed by atoms with van der Waals surface area (Å²) in [6, 6.07) is 2.12. The van der Waals surface area contributed by atoms with Crippen molar-refractivity contribution in [3.05, 3.63) is 17.5 Å². The third kappa shape index (κ3) is 7.13. The van der Waals surface area contributed by atoms with E-state index in [2.05, 4.69) is 54.2 Å². The minimum absolute atomic E-state index is 0. The first kappa shape index (κ1) is 22.2. The molecule has 1 aromatic rings. The van der Waals surface area contributed by atoms with Crippen LogP contribution in [0.3, 0.4) is 0 Å². The summed E-state index contributed by atoms with van der Waals surface area (Å²) in [6.07, 6.45) is 2.22. The molecule has 0 aromatic carbocycles. The molecule has 1 aromatic heterocycles. The van der Waals surface area contributed by atoms with Gasteiger partial charge in [0.15, 0.2) is 5.96 Å². The fourth-order valence-electron chi connectivity index (χ4n) is 3.04. The number of hydrogen-bond donors (Lipinski definition) is 2. The predicted octanol–water partition coefficient (Wildman–Crippen LogP) is 2.88. The molecule has 2 heterocycles. The molecule has 0 bridgehead atoms. The zero-order valence-electron chi connectivity index (χ0n) is 16.3. The van der Waals surface area contributed by atoms with E-state index in [9.17, 15) is 0 Å². The van der Waals surface area contributed by atoms with E-state index < -0.39 is 0 Å². The van der Waals surface area contributed by atoms with Crippen LogP contribution in [0.25, 0.3) is 0 Å². The number of aryl methyl sites for hydroxylation is 2. The molecule has 0 saturated carbocycles. The summed E-state index contributed by atoms with van der Waals surface area (Å²) in [5.74, 6) is 1.33. The Morgan fingerprint density at radius 2 is 2.20 bits per heavy atom. The van der Waals surface area contributed by atoms with Crippen molar-refractivity contribution in [3.63, 3.8) is 0 Å². The molecule has 25 heavy (non-hydrogen) atoms. The Balaban J connectivity index is 0.00000312. The molecule has 2 rings (SSSR count). The van der Waals surface area contributed by atoms with Gasteiger partial charge in [-0.3, -0.25) is 9.67 Å². The van der Waals surface area contributed by atoms with Gasteiger partial charge in [-0.15, -0.1) is 24.0 Å². The number of hydrogen-bond acceptors (Lipinski definition) is 3. The molecule has 1 fully saturated rings. The average molecular weight is 463 g/mol. The van der Waals surface area contributed by atoms with Crippen LogP contribution < -0.4 is 10.6 Å². The van der Waals surface area contributed by atoms with Crippen LogP contribution in [-0.4, -0.2) is 47.6 Å². The van der Waals surface area contributed by atoms with E-state index in [0.29, 0.717) is 12.5 Å². The molecule has 2 unspecified atom stereocenters. The lowest BCUT2D eigenvalue weighted by Crippen LogP contribution is -2.41. The molecule has 7 heteroatoms. The van der Waals surface area contributed by atoms with Gasteiger partial charge in [-0.05, 0) is 52.5 Å². The summed E-state index contributed by atoms with van der Waals surface area (Å²) in [4.78, 5) is 4.71. The lowest BCUT2D eigenvalue weighted by Gasteiger charge is -2.22. The topological polar surface area (TPSA) is 63.5 Å². The van der Waals surface area contributed by atoms with Crippen LogP contribution in [0.5, 0.6) is 0 Å². The number of ether oxygens (including phenoxy) is 1. The Labute approximate surface area is 169 Å². The molecule has 2 N–H and O–H groups in total. The second-order valence-corrected chi connectivity index (χ2v) is 7.19. The molecular formula is C18H34IN5O. The first-order valence-electron chi connectivity index (χ1n) is 9.09. The van der Waals surface area contributed by atoms with E-state index in [-0.39, 0.29) is 29.6 Å². The highest BCUT2D eigenvalue weighted by atomic mass is 127. The van der Waals surface area contributed by atoms with Crippen molar-refractivity contribution in [1.29, 1.82) is 0 Å². The van der Waals surface area contributed by atoms with Crippen molar-refractivity contribution in [1.82, 2.24) is 20.4 Å². The normalized spacial score (nSPS) is 21.7. The van der Waals surface area contributed by atoms with E-state index in [1.54, 1.807) is 0 Å². The van der Waals surface area contributed by atoms with Crippen LogP contribution in [0.4, 0.5) is 0 Å². The smallest absolute Gasteiger partial charge is 0.191 e. The Kier molecular flexibility index (Phi) is 9.20. The Morgan fingerprint density at radius 3 is 2.76 bits per heavy atom. The van der Waals surface area contributed by atoms with Gasteiger partial charge < -0.3 is 15.4 Å². The number of nitrogens with one attached hydrogen (secondary N) is 2. The van der Waals surface area contributed by atoms with Crippen LogP contribution >= 0.6 is 24.0 Å². The number of guanidine groups is 1. The first-order chi connectivity index (χ1) is 11.4. The quantitative estimate of drug-likeness (QED) is 0.371. The number of aliphatic imine (C=N–C) groups is 1. The largest absolute Gasteiger partial charge is 0.373 e. The van der Waals surface area contributed by atoms with Crippen LogP contribution in [0.2, 0.25) is 0 Å². The van der Waals surface area contributed by atoms with Crippen LogP contribution in [0.15, 0.2) is 11.1 Å². The van der Waals surface area contributed by atoms with Gasteiger partial charge in [0.25, 0.3) is 0 Å². The standard InChI is InChI=1S/C18H33N5O.HI/c1-6-19-17(21-13-18(5)8-7-9-24-18)20-11-14(2)12-23-16(4)10-15(3)22-23;/h10,14H,6-9,11-13H2,1-5H3,(H2,19,20,21);1H. The van der Waals surface area contributed by atoms with Gasteiger partial charge in [0.05, 0.1) is 17.8 Å². The van der Waals surface area contributed by atoms with Crippen LogP contribution in [0, 0.1) is 19.8 Å². The molecule has 0 amide bonds. The molecule has 0 spiro atoms. The summed E-state index contributed by atoms with van der Waals surface area (Å²) in [6.45, 7) is 14.8. The highest BCUT2D eigenvalue weighted by Crippen LogP contribution is 2.24. The molecule has 2 atom stereocenters. The summed E-state index contributed by atoms with van der Waals surface area (Å²) in [7, 11) is 0. The number of aromatic nitrogens is 2. The SMILES string of the molecule is CCNC(=NCC1(C)CCCO1)NCC(C)Cn1nc(C)cc1C.I. The van der Waals surface area contributed by atoms with E-state index in [1.165, 1.54) is 5.69 Å². The lowest BCUT2D eigenvalue weighted by molar-refractivity contribution is 0.0283. The van der Waals surface area contributed by atoms with Gasteiger partial charge in [0.1, 0.15) is 0 Å². The van der Waals surface area contributed by atoms with Crippen molar-refractivity contribution >= 4 is 29.9 Å². The predicted molar refractivity (Wildman–Crippen MR) is 114 cm³/mol. The number of halogens is 1. The molecule has 1 saturated heterocycles. The Morgan fingerprint density at radius 1 is 1.44 bits per heavy atom. The molecule has 144 valence electrons. The Hall–Kier alpha value is -0.830. The zero-order valence-corrected chi connectivity index (χ0v) is 18.6. The summed E-state index contributed by atoms with van der Waals surface area (Å²) in [5, 5.41) is 11.3. The van der Waals surface area contributed by atoms with Gasteiger partial charge in [-0.25, -0.2) is 0 Å². The van der Waals surface area contributed by atoms with E-state index in [1.807, 2.05) is 6.92 Å². The first-order valence-corrected chi connectivity index (χ1v) is 9.09. The fraction of sp³-hybridized carbons (Fsp3) is 0.778. The maximum Gasteiger partial charge on any atom is 0.191 e. The number of nitrogens with zero attached hydrogens (tertiary/aromatic N) is 3. The summed E-state index contributed by atoms with van der Waals surface area (Å²) < 4.78 is 7.90. The summed E-state index contributed by atoms with van der Waals surface area (Å²) in [5.41, 5.74) is 2.19. The van der Waals surface area contributed by atoms with E-state index >= 15 is 0 Å². The minimum atomic E-state index is -0.0995. The minimum Gasteiger partial charge on any atom is -0.373 e. The maximum atomic E-state index is 5.81. The fourth-order valence-corrected chi connectivity index (χ4v) is 3.04. The second-order valence-electron chi connectivity index (χ2n) is 7.19. The van der Waals surface area contributed by atoms with E-state index in [0.717, 1.165) is 50.7 Å². The van der Waals surface area contributed by atoms with Crippen molar-refractivity contribution < 1.29 is 4.74 Å². The number of rotatable bonds is 7. The van der Waals surface area contributed by atoms with Crippen molar-refractivity contribution in [2.45, 2.75) is 59.6 Å². The monoisotopic (exact) mass is 463 g/mol. The van der Waals surface area contributed by atoms with Gasteiger partial charge in [0.2, 0.25) is 0 Å². The molecule has 0 aliphatic carbocycles. The third-order valence-corrected chi connectivity index (χ3v) is 4.42. The highest BCUT2D eigenvalue weighted by molar-refractivity contribution is 14.0. The maximum absolute atomic E-state index is 5.81. The van der Waals surface area contributed by atoms with Crippen molar-refractivity contribution in [3.8, 4) is 0 Å². The van der Waals surface area contributed by atoms with Crippen LogP contribution in [-0.2, 0) is 11.3 Å². The lowest BCUT2D eigenvalue weighted by atomic mass is 10.0. The molecule has 1 aliphatic rings. The zero-order chi connectivity index (χ0) is 17.6. The van der Waals surface area contributed by atoms with Crippen molar-refractivity contribution in [2.24, 2.45) is 10.9 Å². The van der Waals surface area contributed by atoms with E-state index in [4.69, 9.17) is 9.73 Å². The van der Waals surface area contributed by atoms with Gasteiger partial charge in [-0.2, -0.15) is 5.10 Å². The Bertz CT molecular complexity index is 552. The van der Waals surface area contributed by atoms with Gasteiger partial charge in [-0.1, -0.05) is 6.92 Å². The van der Waals surface area contributed by atoms with Crippen molar-refractivity contribution in [2.75, 3.05) is 26.2 Å².